The van der Waals surface area contributed by atoms with Gasteiger partial charge in [-0.3, -0.25) is 9.59 Å². The standard InChI is InChI=1S/C15H21N2O3/c1-20-14-7-5-12(6-8-14)10-15(19)17-13(11-18)4-2-3-9-16/h5-8,13H,2-4,9-10,16H2,1H3,(H,17,19)/t13-/m1/s1. The van der Waals surface area contributed by atoms with E-state index in [1.54, 1.807) is 19.2 Å². The summed E-state index contributed by atoms with van der Waals surface area (Å²) in [4.78, 5) is 22.6. The highest BCUT2D eigenvalue weighted by atomic mass is 16.5. The molecule has 1 radical (unpaired) electrons. The van der Waals surface area contributed by atoms with E-state index >= 15 is 0 Å². The number of nitrogens with two attached hydrogens (primary N) is 1. The molecule has 5 nitrogen and oxygen atoms in total. The molecule has 109 valence electrons. The average Bonchev–Trinajstić information content (AvgIpc) is 2.47. The summed E-state index contributed by atoms with van der Waals surface area (Å²) in [6.45, 7) is 0.589. The fraction of sp³-hybridized carbons (Fsp3) is 0.467. The van der Waals surface area contributed by atoms with E-state index in [1.165, 1.54) is 0 Å². The summed E-state index contributed by atoms with van der Waals surface area (Å²) in [6, 6.07) is 6.70. The Morgan fingerprint density at radius 3 is 2.60 bits per heavy atom. The molecule has 20 heavy (non-hydrogen) atoms. The van der Waals surface area contributed by atoms with Crippen molar-refractivity contribution >= 4 is 12.2 Å². The molecular formula is C15H21N2O3. The van der Waals surface area contributed by atoms with Gasteiger partial charge >= 0.3 is 0 Å². The number of hydrogen-bond donors (Lipinski definition) is 2. The Kier molecular flexibility index (Phi) is 7.35. The molecule has 0 saturated carbocycles. The van der Waals surface area contributed by atoms with Crippen molar-refractivity contribution in [3.05, 3.63) is 29.8 Å². The SMILES string of the molecule is COc1ccc(CC(=O)N[C@@H]([C]=O)CCCCN)cc1. The highest BCUT2D eigenvalue weighted by Crippen LogP contribution is 2.11. The van der Waals surface area contributed by atoms with Crippen LogP contribution in [-0.4, -0.2) is 31.9 Å². The van der Waals surface area contributed by atoms with Gasteiger partial charge < -0.3 is 15.8 Å². The van der Waals surface area contributed by atoms with Crippen LogP contribution in [0.3, 0.4) is 0 Å². The number of carbonyl (C=O) groups excluding carboxylic acids is 2. The third-order valence-electron chi connectivity index (χ3n) is 2.95. The van der Waals surface area contributed by atoms with Gasteiger partial charge in [-0.15, -0.1) is 0 Å². The molecule has 0 aliphatic heterocycles. The molecule has 1 aromatic carbocycles. The van der Waals surface area contributed by atoms with Gasteiger partial charge in [0.25, 0.3) is 0 Å². The molecule has 1 aromatic rings. The Morgan fingerprint density at radius 1 is 1.35 bits per heavy atom. The van der Waals surface area contributed by atoms with Gasteiger partial charge in [0, 0.05) is 0 Å². The van der Waals surface area contributed by atoms with Crippen molar-refractivity contribution < 1.29 is 14.3 Å². The molecule has 0 aliphatic rings. The van der Waals surface area contributed by atoms with Crippen LogP contribution in [0.1, 0.15) is 24.8 Å². The first-order chi connectivity index (χ1) is 9.69. The van der Waals surface area contributed by atoms with E-state index in [4.69, 9.17) is 10.5 Å². The second kappa shape index (κ2) is 9.09. The zero-order valence-corrected chi connectivity index (χ0v) is 11.7. The Hall–Kier alpha value is -1.88. The Bertz CT molecular complexity index is 418. The van der Waals surface area contributed by atoms with Gasteiger partial charge in [0.15, 0.2) is 0 Å². The van der Waals surface area contributed by atoms with Gasteiger partial charge in [-0.05, 0) is 43.5 Å². The summed E-state index contributed by atoms with van der Waals surface area (Å²) in [5, 5.41) is 2.67. The maximum absolute atomic E-state index is 11.8. The predicted octanol–water partition coefficient (Wildman–Crippen LogP) is 0.961. The Morgan fingerprint density at radius 2 is 2.05 bits per heavy atom. The molecule has 5 heteroatoms. The highest BCUT2D eigenvalue weighted by molar-refractivity contribution is 5.81. The number of methoxy groups -OCH3 is 1. The summed E-state index contributed by atoms with van der Waals surface area (Å²) in [7, 11) is 1.59. The minimum atomic E-state index is -0.549. The lowest BCUT2D eigenvalue weighted by atomic mass is 10.1. The summed E-state index contributed by atoms with van der Waals surface area (Å²) in [6.07, 6.45) is 4.31. The van der Waals surface area contributed by atoms with Crippen LogP contribution in [-0.2, 0) is 16.0 Å². The second-order valence-electron chi connectivity index (χ2n) is 4.55. The van der Waals surface area contributed by atoms with E-state index in [0.29, 0.717) is 13.0 Å². The third kappa shape index (κ3) is 5.84. The maximum Gasteiger partial charge on any atom is 0.225 e. The maximum atomic E-state index is 11.8. The van der Waals surface area contributed by atoms with Crippen LogP contribution < -0.4 is 15.8 Å². The minimum Gasteiger partial charge on any atom is -0.497 e. The Balaban J connectivity index is 2.42. The number of unbranched alkanes of at least 4 members (excludes halogenated alkanes) is 1. The van der Waals surface area contributed by atoms with Gasteiger partial charge in [0.1, 0.15) is 5.75 Å². The fourth-order valence-corrected chi connectivity index (χ4v) is 1.83. The fourth-order valence-electron chi connectivity index (χ4n) is 1.83. The summed E-state index contributed by atoms with van der Waals surface area (Å²) in [5.74, 6) is 0.561. The molecule has 3 N–H and O–H groups in total. The lowest BCUT2D eigenvalue weighted by Crippen LogP contribution is -2.37. The average molecular weight is 277 g/mol. The van der Waals surface area contributed by atoms with Gasteiger partial charge in [-0.25, -0.2) is 0 Å². The molecule has 0 aromatic heterocycles. The molecule has 0 spiro atoms. The first kappa shape index (κ1) is 16.2. The van der Waals surface area contributed by atoms with Crippen molar-refractivity contribution in [3.8, 4) is 5.75 Å². The lowest BCUT2D eigenvalue weighted by molar-refractivity contribution is -0.120. The molecule has 1 rings (SSSR count). The number of benzene rings is 1. The minimum absolute atomic E-state index is 0.184. The van der Waals surface area contributed by atoms with E-state index in [2.05, 4.69) is 5.32 Å². The van der Waals surface area contributed by atoms with Crippen LogP contribution >= 0.6 is 0 Å². The number of hydrogen-bond acceptors (Lipinski definition) is 4. The number of rotatable bonds is 9. The number of nitrogens with one attached hydrogen (secondary N) is 1. The monoisotopic (exact) mass is 277 g/mol. The van der Waals surface area contributed by atoms with Crippen molar-refractivity contribution in [2.45, 2.75) is 31.7 Å². The normalized spacial score (nSPS) is 11.7. The van der Waals surface area contributed by atoms with Gasteiger partial charge in [-0.2, -0.15) is 0 Å². The van der Waals surface area contributed by atoms with Crippen LogP contribution in [0.5, 0.6) is 5.75 Å². The number of ether oxygens (including phenoxy) is 1. The molecule has 1 amide bonds. The molecule has 0 bridgehead atoms. The lowest BCUT2D eigenvalue weighted by Gasteiger charge is -2.12. The first-order valence-corrected chi connectivity index (χ1v) is 6.69. The van der Waals surface area contributed by atoms with Gasteiger partial charge in [-0.1, -0.05) is 12.1 Å². The first-order valence-electron chi connectivity index (χ1n) is 6.69. The van der Waals surface area contributed by atoms with Crippen LogP contribution in [0, 0.1) is 0 Å². The molecule has 1 atom stereocenters. The molecule has 0 aliphatic carbocycles. The molecular weight excluding hydrogens is 256 g/mol. The van der Waals surface area contributed by atoms with Gasteiger partial charge in [0.05, 0.1) is 19.6 Å². The van der Waals surface area contributed by atoms with Crippen molar-refractivity contribution in [3.63, 3.8) is 0 Å². The van der Waals surface area contributed by atoms with Crippen LogP contribution in [0.15, 0.2) is 24.3 Å². The van der Waals surface area contributed by atoms with Crippen molar-refractivity contribution in [1.82, 2.24) is 5.32 Å². The zero-order chi connectivity index (χ0) is 14.8. The smallest absolute Gasteiger partial charge is 0.225 e. The number of amides is 1. The van der Waals surface area contributed by atoms with Crippen LogP contribution in [0.25, 0.3) is 0 Å². The van der Waals surface area contributed by atoms with Crippen molar-refractivity contribution in [2.24, 2.45) is 5.73 Å². The largest absolute Gasteiger partial charge is 0.497 e. The van der Waals surface area contributed by atoms with Gasteiger partial charge in [0.2, 0.25) is 12.2 Å². The zero-order valence-electron chi connectivity index (χ0n) is 11.7. The van der Waals surface area contributed by atoms with Crippen molar-refractivity contribution in [1.29, 1.82) is 0 Å². The van der Waals surface area contributed by atoms with E-state index in [1.807, 2.05) is 18.4 Å². The summed E-state index contributed by atoms with van der Waals surface area (Å²) >= 11 is 0. The summed E-state index contributed by atoms with van der Waals surface area (Å²) < 4.78 is 5.05. The molecule has 0 heterocycles. The third-order valence-corrected chi connectivity index (χ3v) is 2.95. The Labute approximate surface area is 119 Å². The molecule has 0 saturated heterocycles. The van der Waals surface area contributed by atoms with E-state index < -0.39 is 6.04 Å². The van der Waals surface area contributed by atoms with E-state index in [-0.39, 0.29) is 12.3 Å². The van der Waals surface area contributed by atoms with Crippen LogP contribution in [0.2, 0.25) is 0 Å². The van der Waals surface area contributed by atoms with Crippen molar-refractivity contribution in [2.75, 3.05) is 13.7 Å². The topological polar surface area (TPSA) is 81.4 Å². The predicted molar refractivity (Wildman–Crippen MR) is 77.2 cm³/mol. The highest BCUT2D eigenvalue weighted by Gasteiger charge is 2.12. The number of carbonyl (C=O) groups is 1. The van der Waals surface area contributed by atoms with E-state index in [9.17, 15) is 9.59 Å². The quantitative estimate of drug-likeness (QED) is 0.659. The second-order valence-corrected chi connectivity index (χ2v) is 4.55. The van der Waals surface area contributed by atoms with E-state index in [0.717, 1.165) is 24.2 Å². The van der Waals surface area contributed by atoms with Crippen LogP contribution in [0.4, 0.5) is 0 Å². The molecule has 0 unspecified atom stereocenters. The summed E-state index contributed by atoms with van der Waals surface area (Å²) in [5.41, 5.74) is 6.26. The molecule has 0 fully saturated rings.